The summed E-state index contributed by atoms with van der Waals surface area (Å²) in [5, 5.41) is 5.48. The van der Waals surface area contributed by atoms with Crippen LogP contribution < -0.4 is 10.6 Å². The van der Waals surface area contributed by atoms with E-state index < -0.39 is 12.2 Å². The quantitative estimate of drug-likeness (QED) is 0.493. The molecule has 4 aliphatic rings. The van der Waals surface area contributed by atoms with Crippen molar-refractivity contribution in [3.63, 3.8) is 0 Å². The van der Waals surface area contributed by atoms with Gasteiger partial charge < -0.3 is 20.1 Å². The van der Waals surface area contributed by atoms with E-state index >= 15 is 0 Å². The molecule has 0 aromatic heterocycles. The van der Waals surface area contributed by atoms with Gasteiger partial charge in [0.25, 0.3) is 0 Å². The van der Waals surface area contributed by atoms with Gasteiger partial charge in [-0.25, -0.2) is 19.4 Å². The standard InChI is InChI=1S/2C17H20N2O4/c2*20-15-8-4-7-13(10-18-15)16(21)19-14(11-23-17(19)22)9-12-5-2-1-3-6-12/h2*1-3,5-6,13-14H,4,7-11H2,(H,18,20)/t2*13-,14?/m10/s1. The first-order valence-electron chi connectivity index (χ1n) is 15.9. The first kappa shape index (κ1) is 32.6. The van der Waals surface area contributed by atoms with Crippen molar-refractivity contribution >= 4 is 35.8 Å². The number of rotatable bonds is 6. The molecule has 46 heavy (non-hydrogen) atoms. The molecular weight excluding hydrogens is 592 g/mol. The molecule has 0 radical (unpaired) electrons. The maximum Gasteiger partial charge on any atom is 0.416 e. The first-order chi connectivity index (χ1) is 22.3. The number of imide groups is 2. The summed E-state index contributed by atoms with van der Waals surface area (Å²) in [5.41, 5.74) is 2.12. The number of nitrogens with one attached hydrogen (secondary N) is 2. The summed E-state index contributed by atoms with van der Waals surface area (Å²) in [4.78, 5) is 74.8. The molecule has 2 N–H and O–H groups in total. The van der Waals surface area contributed by atoms with E-state index in [9.17, 15) is 28.8 Å². The Bertz CT molecular complexity index is 1310. The Morgan fingerprint density at radius 1 is 0.630 bits per heavy atom. The van der Waals surface area contributed by atoms with Crippen LogP contribution in [0, 0.1) is 11.8 Å². The topological polar surface area (TPSA) is 151 Å². The predicted octanol–water partition coefficient (Wildman–Crippen LogP) is 2.99. The second-order valence-electron chi connectivity index (χ2n) is 12.0. The molecule has 244 valence electrons. The van der Waals surface area contributed by atoms with Gasteiger partial charge in [0.15, 0.2) is 0 Å². The van der Waals surface area contributed by atoms with Gasteiger partial charge in [-0.3, -0.25) is 19.2 Å². The molecule has 12 nitrogen and oxygen atoms in total. The third-order valence-corrected chi connectivity index (χ3v) is 8.73. The first-order valence-corrected chi connectivity index (χ1v) is 15.9. The number of carbonyl (C=O) groups is 6. The molecule has 12 heteroatoms. The summed E-state index contributed by atoms with van der Waals surface area (Å²) in [6.45, 7) is 1.02. The van der Waals surface area contributed by atoms with Gasteiger partial charge in [0.2, 0.25) is 23.6 Å². The molecule has 2 aromatic rings. The molecule has 0 spiro atoms. The van der Waals surface area contributed by atoms with Crippen molar-refractivity contribution < 1.29 is 38.2 Å². The lowest BCUT2D eigenvalue weighted by Gasteiger charge is -2.24. The third kappa shape index (κ3) is 8.29. The average Bonchev–Trinajstić information content (AvgIpc) is 3.40. The monoisotopic (exact) mass is 632 g/mol. The molecule has 0 aliphatic carbocycles. The van der Waals surface area contributed by atoms with Crippen molar-refractivity contribution in [2.75, 3.05) is 26.3 Å². The predicted molar refractivity (Wildman–Crippen MR) is 165 cm³/mol. The summed E-state index contributed by atoms with van der Waals surface area (Å²) in [6, 6.07) is 18.9. The van der Waals surface area contributed by atoms with Gasteiger partial charge in [-0.15, -0.1) is 0 Å². The van der Waals surface area contributed by atoms with Crippen molar-refractivity contribution in [3.05, 3.63) is 71.8 Å². The number of hydrogen-bond acceptors (Lipinski definition) is 8. The highest BCUT2D eigenvalue weighted by atomic mass is 16.6. The minimum absolute atomic E-state index is 0.0369. The summed E-state index contributed by atoms with van der Waals surface area (Å²) in [6.07, 6.45) is 3.41. The number of benzene rings is 2. The summed E-state index contributed by atoms with van der Waals surface area (Å²) >= 11 is 0. The molecule has 2 unspecified atom stereocenters. The zero-order valence-corrected chi connectivity index (χ0v) is 25.7. The lowest BCUT2D eigenvalue weighted by molar-refractivity contribution is -0.134. The molecule has 4 aliphatic heterocycles. The Kier molecular flexibility index (Phi) is 11.0. The Hall–Kier alpha value is -4.74. The van der Waals surface area contributed by atoms with Crippen molar-refractivity contribution in [3.8, 4) is 0 Å². The summed E-state index contributed by atoms with van der Waals surface area (Å²) in [7, 11) is 0. The van der Waals surface area contributed by atoms with Gasteiger partial charge in [-0.05, 0) is 49.7 Å². The summed E-state index contributed by atoms with van der Waals surface area (Å²) < 4.78 is 10.2. The lowest BCUT2D eigenvalue weighted by Crippen LogP contribution is -2.45. The van der Waals surface area contributed by atoms with E-state index in [0.717, 1.165) is 11.1 Å². The van der Waals surface area contributed by atoms with E-state index in [-0.39, 0.29) is 60.8 Å². The van der Waals surface area contributed by atoms with E-state index in [0.29, 0.717) is 64.5 Å². The zero-order valence-electron chi connectivity index (χ0n) is 25.7. The molecule has 2 aromatic carbocycles. The Morgan fingerprint density at radius 2 is 1.02 bits per heavy atom. The maximum absolute atomic E-state index is 12.7. The van der Waals surface area contributed by atoms with Gasteiger partial charge in [0, 0.05) is 25.9 Å². The normalized spacial score (nSPS) is 24.8. The van der Waals surface area contributed by atoms with Crippen LogP contribution in [0.4, 0.5) is 9.59 Å². The average molecular weight is 633 g/mol. The van der Waals surface area contributed by atoms with Crippen molar-refractivity contribution in [1.29, 1.82) is 0 Å². The molecule has 4 heterocycles. The SMILES string of the molecule is O=C1CCC[C@@H](C(=O)N2C(=O)OCC2Cc2ccccc2)CN1.O=C1CCC[C@H](C(=O)N2C(=O)OCC2Cc2ccccc2)CN1. The third-order valence-electron chi connectivity index (χ3n) is 8.73. The number of amides is 6. The molecule has 6 rings (SSSR count). The fourth-order valence-corrected chi connectivity index (χ4v) is 6.22. The van der Waals surface area contributed by atoms with Crippen LogP contribution in [0.5, 0.6) is 0 Å². The van der Waals surface area contributed by atoms with E-state index in [1.165, 1.54) is 9.80 Å². The number of carbonyl (C=O) groups excluding carboxylic acids is 6. The second kappa shape index (κ2) is 15.5. The highest BCUT2D eigenvalue weighted by molar-refractivity contribution is 5.96. The molecule has 6 amide bonds. The molecule has 4 saturated heterocycles. The Balaban J connectivity index is 0.000000181. The van der Waals surface area contributed by atoms with Crippen molar-refractivity contribution in [2.24, 2.45) is 11.8 Å². The Morgan fingerprint density at radius 3 is 1.41 bits per heavy atom. The largest absolute Gasteiger partial charge is 0.447 e. The van der Waals surface area contributed by atoms with E-state index in [4.69, 9.17) is 9.47 Å². The molecule has 0 bridgehead atoms. The molecule has 0 saturated carbocycles. The second-order valence-corrected chi connectivity index (χ2v) is 12.0. The highest BCUT2D eigenvalue weighted by Gasteiger charge is 2.42. The van der Waals surface area contributed by atoms with Gasteiger partial charge in [-0.1, -0.05) is 60.7 Å². The van der Waals surface area contributed by atoms with Crippen LogP contribution in [0.25, 0.3) is 0 Å². The smallest absolute Gasteiger partial charge is 0.416 e. The number of nitrogens with zero attached hydrogens (tertiary/aromatic N) is 2. The van der Waals surface area contributed by atoms with Crippen molar-refractivity contribution in [2.45, 2.75) is 63.5 Å². The van der Waals surface area contributed by atoms with Crippen LogP contribution in [-0.2, 0) is 41.5 Å². The minimum atomic E-state index is -0.577. The Labute approximate surface area is 267 Å². The van der Waals surface area contributed by atoms with Gasteiger partial charge in [0.1, 0.15) is 13.2 Å². The zero-order chi connectivity index (χ0) is 32.5. The van der Waals surface area contributed by atoms with Crippen LogP contribution in [-0.4, -0.2) is 84.0 Å². The maximum atomic E-state index is 12.7. The summed E-state index contributed by atoms with van der Waals surface area (Å²) in [5.74, 6) is -1.27. The van der Waals surface area contributed by atoms with Crippen LogP contribution >= 0.6 is 0 Å². The number of cyclic esters (lactones) is 2. The molecular formula is C34H40N4O8. The van der Waals surface area contributed by atoms with E-state index in [2.05, 4.69) is 10.6 Å². The number of hydrogen-bond donors (Lipinski definition) is 2. The fraction of sp³-hybridized carbons (Fsp3) is 0.471. The van der Waals surface area contributed by atoms with E-state index in [1.54, 1.807) is 0 Å². The van der Waals surface area contributed by atoms with Crippen LogP contribution in [0.3, 0.4) is 0 Å². The number of ether oxygens (including phenoxy) is 2. The minimum Gasteiger partial charge on any atom is -0.447 e. The van der Waals surface area contributed by atoms with Crippen molar-refractivity contribution in [1.82, 2.24) is 20.4 Å². The van der Waals surface area contributed by atoms with Crippen LogP contribution in [0.1, 0.15) is 49.7 Å². The van der Waals surface area contributed by atoms with Crippen LogP contribution in [0.2, 0.25) is 0 Å². The van der Waals surface area contributed by atoms with E-state index in [1.807, 2.05) is 60.7 Å². The lowest BCUT2D eigenvalue weighted by atomic mass is 9.99. The molecule has 4 atom stereocenters. The highest BCUT2D eigenvalue weighted by Crippen LogP contribution is 2.24. The van der Waals surface area contributed by atoms with Gasteiger partial charge in [-0.2, -0.15) is 0 Å². The molecule has 4 fully saturated rings. The van der Waals surface area contributed by atoms with Gasteiger partial charge in [0.05, 0.1) is 23.9 Å². The van der Waals surface area contributed by atoms with Crippen LogP contribution in [0.15, 0.2) is 60.7 Å². The fourth-order valence-electron chi connectivity index (χ4n) is 6.22. The van der Waals surface area contributed by atoms with Gasteiger partial charge >= 0.3 is 12.2 Å².